The third-order valence-corrected chi connectivity index (χ3v) is 3.60. The van der Waals surface area contributed by atoms with Crippen molar-refractivity contribution < 1.29 is 26.5 Å². The fraction of sp³-hybridized carbons (Fsp3) is 0.222. The van der Waals surface area contributed by atoms with Gasteiger partial charge in [0.05, 0.1) is 16.3 Å². The minimum Gasteiger partial charge on any atom is -0.244 e. The Morgan fingerprint density at radius 2 is 2.00 bits per heavy atom. The van der Waals surface area contributed by atoms with Crippen molar-refractivity contribution in [1.29, 1.82) is 0 Å². The number of amides is 2. The molecule has 1 aromatic carbocycles. The van der Waals surface area contributed by atoms with Crippen LogP contribution < -0.4 is 4.31 Å². The highest BCUT2D eigenvalue weighted by atomic mass is 35.5. The molecule has 1 saturated heterocycles. The molecule has 0 radical (unpaired) electrons. The Balaban J connectivity index is 2.48. The van der Waals surface area contributed by atoms with Crippen molar-refractivity contribution in [3.8, 4) is 0 Å². The van der Waals surface area contributed by atoms with Crippen molar-refractivity contribution in [3.63, 3.8) is 0 Å². The van der Waals surface area contributed by atoms with Crippen LogP contribution >= 0.6 is 11.6 Å². The number of hydrogen-bond acceptors (Lipinski definition) is 3. The van der Waals surface area contributed by atoms with Crippen LogP contribution in [0, 0.1) is 0 Å². The third-order valence-electron chi connectivity index (χ3n) is 2.26. The average molecular weight is 315 g/mol. The third kappa shape index (κ3) is 2.53. The molecule has 1 aliphatic rings. The number of urea groups is 1. The monoisotopic (exact) mass is 314 g/mol. The van der Waals surface area contributed by atoms with Gasteiger partial charge in [-0.3, -0.25) is 0 Å². The van der Waals surface area contributed by atoms with Crippen LogP contribution in [-0.4, -0.2) is 22.4 Å². The molecular formula is C9H6ClF3N2O3S. The Labute approximate surface area is 113 Å². The topological polar surface area (TPSA) is 49.9 Å². The fourth-order valence-corrected chi connectivity index (χ4v) is 2.48. The molecule has 0 spiro atoms. The van der Waals surface area contributed by atoms with Gasteiger partial charge in [0.25, 0.3) is 11.3 Å². The molecule has 1 fully saturated rings. The zero-order chi connectivity index (χ0) is 14.4. The Hall–Kier alpha value is -1.32. The lowest BCUT2D eigenvalue weighted by atomic mass is 10.2. The fourth-order valence-electron chi connectivity index (χ4n) is 1.41. The van der Waals surface area contributed by atoms with E-state index >= 15 is 0 Å². The molecule has 1 aromatic rings. The second kappa shape index (κ2) is 4.66. The van der Waals surface area contributed by atoms with Gasteiger partial charge in [-0.2, -0.15) is 22.5 Å². The Kier molecular flexibility index (Phi) is 3.45. The standard InChI is InChI=1S/C9H6ClF3N2O3S/c1-14-8(16)15(19(17)18-14)5-2-3-7(10)6(4-5)9(11,12)13/h2-4H,1H3. The number of anilines is 1. The summed E-state index contributed by atoms with van der Waals surface area (Å²) < 4.78 is 54.7. The molecule has 5 nitrogen and oxygen atoms in total. The first-order valence-corrected chi connectivity index (χ1v) is 6.17. The normalized spacial score (nSPS) is 20.3. The molecule has 2 rings (SSSR count). The first-order valence-electron chi connectivity index (χ1n) is 4.76. The van der Waals surface area contributed by atoms with Gasteiger partial charge in [-0.1, -0.05) is 11.6 Å². The number of alkyl halides is 3. The van der Waals surface area contributed by atoms with Crippen LogP contribution in [0.2, 0.25) is 5.02 Å². The van der Waals surface area contributed by atoms with Crippen LogP contribution in [0.15, 0.2) is 18.2 Å². The molecule has 10 heteroatoms. The minimum absolute atomic E-state index is 0.218. The second-order valence-corrected chi connectivity index (χ2v) is 4.88. The van der Waals surface area contributed by atoms with Gasteiger partial charge < -0.3 is 0 Å². The van der Waals surface area contributed by atoms with Crippen LogP contribution in [0.1, 0.15) is 5.56 Å². The van der Waals surface area contributed by atoms with E-state index < -0.39 is 34.1 Å². The van der Waals surface area contributed by atoms with Crippen LogP contribution in [0.3, 0.4) is 0 Å². The summed E-state index contributed by atoms with van der Waals surface area (Å²) in [5.74, 6) is 0. The van der Waals surface area contributed by atoms with E-state index in [0.29, 0.717) is 15.4 Å². The zero-order valence-corrected chi connectivity index (χ0v) is 10.8. The Morgan fingerprint density at radius 1 is 1.37 bits per heavy atom. The summed E-state index contributed by atoms with van der Waals surface area (Å²) in [7, 11) is 1.20. The van der Waals surface area contributed by atoms with Crippen LogP contribution in [0.5, 0.6) is 0 Å². The Bertz CT molecular complexity index is 566. The molecule has 2 amide bonds. The quantitative estimate of drug-likeness (QED) is 0.801. The number of carbonyl (C=O) groups is 1. The number of hydroxylamine groups is 2. The van der Waals surface area contributed by atoms with Crippen molar-refractivity contribution in [2.75, 3.05) is 11.4 Å². The molecule has 1 atom stereocenters. The summed E-state index contributed by atoms with van der Waals surface area (Å²) in [6.07, 6.45) is -4.68. The van der Waals surface area contributed by atoms with Crippen molar-refractivity contribution in [1.82, 2.24) is 5.06 Å². The number of nitrogens with zero attached hydrogens (tertiary/aromatic N) is 2. The lowest BCUT2D eigenvalue weighted by molar-refractivity contribution is -0.137. The van der Waals surface area contributed by atoms with E-state index in [1.54, 1.807) is 0 Å². The predicted octanol–water partition coefficient (Wildman–Crippen LogP) is 2.74. The number of carbonyl (C=O) groups excluding carboxylic acids is 1. The highest BCUT2D eigenvalue weighted by Gasteiger charge is 2.39. The van der Waals surface area contributed by atoms with Gasteiger partial charge >= 0.3 is 12.2 Å². The Morgan fingerprint density at radius 3 is 2.47 bits per heavy atom. The predicted molar refractivity (Wildman–Crippen MR) is 61.3 cm³/mol. The summed E-state index contributed by atoms with van der Waals surface area (Å²) >= 11 is 3.23. The summed E-state index contributed by atoms with van der Waals surface area (Å²) in [6, 6.07) is 1.92. The number of hydrogen-bond donors (Lipinski definition) is 0. The van der Waals surface area contributed by atoms with Gasteiger partial charge in [0.1, 0.15) is 0 Å². The number of benzene rings is 1. The lowest BCUT2D eigenvalue weighted by Crippen LogP contribution is -2.29. The molecule has 1 unspecified atom stereocenters. The highest BCUT2D eigenvalue weighted by molar-refractivity contribution is 7.83. The molecule has 1 heterocycles. The van der Waals surface area contributed by atoms with Gasteiger partial charge in [0, 0.05) is 7.05 Å². The molecule has 0 N–H and O–H groups in total. The summed E-state index contributed by atoms with van der Waals surface area (Å²) in [6.45, 7) is 0. The maximum absolute atomic E-state index is 12.7. The molecule has 0 saturated carbocycles. The summed E-state index contributed by atoms with van der Waals surface area (Å²) in [5, 5.41) is 0.154. The highest BCUT2D eigenvalue weighted by Crippen LogP contribution is 2.38. The SMILES string of the molecule is CN1OS(=O)N(c2ccc(Cl)c(C(F)(F)F)c2)C1=O. The van der Waals surface area contributed by atoms with Crippen LogP contribution in [-0.2, 0) is 21.7 Å². The smallest absolute Gasteiger partial charge is 0.244 e. The van der Waals surface area contributed by atoms with E-state index in [1.165, 1.54) is 7.05 Å². The first kappa shape index (κ1) is 14.1. The molecule has 19 heavy (non-hydrogen) atoms. The van der Waals surface area contributed by atoms with Crippen molar-refractivity contribution >= 4 is 34.6 Å². The van der Waals surface area contributed by atoms with Gasteiger partial charge in [-0.15, -0.1) is 4.28 Å². The molecule has 0 aromatic heterocycles. The largest absolute Gasteiger partial charge is 0.417 e. The van der Waals surface area contributed by atoms with Crippen LogP contribution in [0.25, 0.3) is 0 Å². The average Bonchev–Trinajstić information content (AvgIpc) is 2.53. The molecule has 104 valence electrons. The summed E-state index contributed by atoms with van der Waals surface area (Å²) in [5.41, 5.74) is -1.34. The van der Waals surface area contributed by atoms with Crippen molar-refractivity contribution in [3.05, 3.63) is 28.8 Å². The van der Waals surface area contributed by atoms with E-state index in [0.717, 1.165) is 12.1 Å². The van der Waals surface area contributed by atoms with E-state index in [-0.39, 0.29) is 5.69 Å². The van der Waals surface area contributed by atoms with Gasteiger partial charge in [0.2, 0.25) is 0 Å². The number of halogens is 4. The summed E-state index contributed by atoms with van der Waals surface area (Å²) in [4.78, 5) is 11.6. The van der Waals surface area contributed by atoms with Crippen molar-refractivity contribution in [2.45, 2.75) is 6.18 Å². The zero-order valence-electron chi connectivity index (χ0n) is 9.27. The molecule has 1 aliphatic heterocycles. The second-order valence-electron chi connectivity index (χ2n) is 3.53. The number of rotatable bonds is 1. The van der Waals surface area contributed by atoms with E-state index in [9.17, 15) is 22.2 Å². The molecule has 0 bridgehead atoms. The van der Waals surface area contributed by atoms with Gasteiger partial charge in [0.15, 0.2) is 0 Å². The van der Waals surface area contributed by atoms with Gasteiger partial charge in [-0.25, -0.2) is 9.00 Å². The van der Waals surface area contributed by atoms with Crippen LogP contribution in [0.4, 0.5) is 23.7 Å². The molecule has 0 aliphatic carbocycles. The first-order chi connectivity index (χ1) is 8.71. The minimum atomic E-state index is -4.68. The maximum atomic E-state index is 12.7. The molecular weight excluding hydrogens is 309 g/mol. The van der Waals surface area contributed by atoms with E-state index in [2.05, 4.69) is 4.28 Å². The maximum Gasteiger partial charge on any atom is 0.417 e. The van der Waals surface area contributed by atoms with Crippen molar-refractivity contribution in [2.24, 2.45) is 0 Å². The van der Waals surface area contributed by atoms with E-state index in [4.69, 9.17) is 11.6 Å². The van der Waals surface area contributed by atoms with Gasteiger partial charge in [-0.05, 0) is 18.2 Å². The lowest BCUT2D eigenvalue weighted by Gasteiger charge is -2.14. The van der Waals surface area contributed by atoms with E-state index in [1.807, 2.05) is 0 Å².